The van der Waals surface area contributed by atoms with Crippen molar-refractivity contribution in [1.29, 1.82) is 0 Å². The van der Waals surface area contributed by atoms with Gasteiger partial charge in [0.2, 0.25) is 0 Å². The van der Waals surface area contributed by atoms with Gasteiger partial charge in [0.15, 0.2) is 0 Å². The van der Waals surface area contributed by atoms with Gasteiger partial charge in [0.05, 0.1) is 12.0 Å². The molecule has 212 valence electrons. The minimum atomic E-state index is -0.782. The van der Waals surface area contributed by atoms with Crippen molar-refractivity contribution in [2.75, 3.05) is 13.2 Å². The Balaban J connectivity index is 1.75. The second-order valence-electron chi connectivity index (χ2n) is 10.2. The van der Waals surface area contributed by atoms with Crippen LogP contribution in [0.3, 0.4) is 0 Å². The van der Waals surface area contributed by atoms with Gasteiger partial charge in [-0.3, -0.25) is 9.59 Å². The molecule has 2 N–H and O–H groups in total. The number of nitrogens with one attached hydrogen (secondary N) is 2. The Bertz CT molecular complexity index is 1050. The number of hydrogen-bond acceptors (Lipinski definition) is 7. The molecule has 9 heteroatoms. The molecule has 2 unspecified atom stereocenters. The molecule has 0 aliphatic carbocycles. The van der Waals surface area contributed by atoms with Crippen LogP contribution < -0.4 is 10.6 Å². The van der Waals surface area contributed by atoms with E-state index < -0.39 is 35.7 Å². The van der Waals surface area contributed by atoms with Gasteiger partial charge in [-0.1, -0.05) is 67.1 Å². The van der Waals surface area contributed by atoms with E-state index in [-0.39, 0.29) is 25.4 Å². The van der Waals surface area contributed by atoms with Gasteiger partial charge in [-0.25, -0.2) is 9.59 Å². The number of esters is 1. The zero-order chi connectivity index (χ0) is 28.7. The predicted molar refractivity (Wildman–Crippen MR) is 147 cm³/mol. The first kappa shape index (κ1) is 31.3. The van der Waals surface area contributed by atoms with Crippen molar-refractivity contribution in [3.05, 3.63) is 71.8 Å². The van der Waals surface area contributed by atoms with Crippen LogP contribution in [0.25, 0.3) is 0 Å². The first-order valence-electron chi connectivity index (χ1n) is 13.2. The smallest absolute Gasteiger partial charge is 0.408 e. The molecule has 9 nitrogen and oxygen atoms in total. The van der Waals surface area contributed by atoms with Crippen LogP contribution in [0.1, 0.15) is 70.5 Å². The number of carbonyl (C=O) groups is 4. The van der Waals surface area contributed by atoms with E-state index in [2.05, 4.69) is 10.6 Å². The number of alkyl carbamates (subject to hydrolysis) is 2. The Labute approximate surface area is 230 Å². The van der Waals surface area contributed by atoms with E-state index in [0.29, 0.717) is 31.4 Å². The van der Waals surface area contributed by atoms with Gasteiger partial charge in [-0.2, -0.15) is 0 Å². The predicted octanol–water partition coefficient (Wildman–Crippen LogP) is 5.49. The lowest BCUT2D eigenvalue weighted by Crippen LogP contribution is -2.41. The van der Waals surface area contributed by atoms with E-state index in [0.717, 1.165) is 5.56 Å². The van der Waals surface area contributed by atoms with Gasteiger partial charge in [-0.05, 0) is 51.7 Å². The molecule has 0 spiro atoms. The standard InChI is InChI=1S/C30H40N2O7/c1-22(33)25(27(24-16-10-6-11-17-24)32-29(36)39-30(2,3)4)21-37-26(34)18-12-7-13-19-31-28(35)38-20-23-14-8-5-9-15-23/h5-6,8-11,14-17,25,27H,7,12-13,18-21H2,1-4H3,(H,31,35)(H,32,36). The molecular weight excluding hydrogens is 500 g/mol. The van der Waals surface area contributed by atoms with Crippen molar-refractivity contribution in [3.63, 3.8) is 0 Å². The third-order valence-electron chi connectivity index (χ3n) is 5.72. The molecule has 0 saturated heterocycles. The number of benzene rings is 2. The fraction of sp³-hybridized carbons (Fsp3) is 0.467. The van der Waals surface area contributed by atoms with Crippen molar-refractivity contribution >= 4 is 23.9 Å². The van der Waals surface area contributed by atoms with Crippen LogP contribution in [0.2, 0.25) is 0 Å². The summed E-state index contributed by atoms with van der Waals surface area (Å²) in [6, 6.07) is 17.7. The number of rotatable bonds is 14. The van der Waals surface area contributed by atoms with E-state index >= 15 is 0 Å². The van der Waals surface area contributed by atoms with Crippen LogP contribution in [0.5, 0.6) is 0 Å². The monoisotopic (exact) mass is 540 g/mol. The maximum atomic E-state index is 12.5. The molecule has 0 radical (unpaired) electrons. The molecule has 0 heterocycles. The largest absolute Gasteiger partial charge is 0.465 e. The summed E-state index contributed by atoms with van der Waals surface area (Å²) < 4.78 is 16.0. The minimum Gasteiger partial charge on any atom is -0.465 e. The normalized spacial score (nSPS) is 12.5. The number of carbonyl (C=O) groups excluding carboxylic acids is 4. The van der Waals surface area contributed by atoms with Crippen LogP contribution in [0.4, 0.5) is 9.59 Å². The van der Waals surface area contributed by atoms with Crippen molar-refractivity contribution in [1.82, 2.24) is 10.6 Å². The first-order chi connectivity index (χ1) is 18.5. The molecule has 0 bridgehead atoms. The summed E-state index contributed by atoms with van der Waals surface area (Å²) in [6.07, 6.45) is 0.991. The van der Waals surface area contributed by atoms with Gasteiger partial charge in [0, 0.05) is 13.0 Å². The third-order valence-corrected chi connectivity index (χ3v) is 5.72. The quantitative estimate of drug-likeness (QED) is 0.185. The van der Waals surface area contributed by atoms with Crippen LogP contribution in [-0.2, 0) is 30.4 Å². The molecule has 0 aromatic heterocycles. The van der Waals surface area contributed by atoms with E-state index in [1.165, 1.54) is 6.92 Å². The summed E-state index contributed by atoms with van der Waals surface area (Å²) in [5.41, 5.74) is 0.907. The van der Waals surface area contributed by atoms with Crippen LogP contribution in [-0.4, -0.2) is 42.7 Å². The maximum Gasteiger partial charge on any atom is 0.408 e. The SMILES string of the molecule is CC(=O)C(COC(=O)CCCCCNC(=O)OCc1ccccc1)C(NC(=O)OC(C)(C)C)c1ccccc1. The van der Waals surface area contributed by atoms with E-state index in [9.17, 15) is 19.2 Å². The molecule has 2 atom stereocenters. The number of hydrogen-bond donors (Lipinski definition) is 2. The fourth-order valence-corrected chi connectivity index (χ4v) is 3.75. The average molecular weight is 541 g/mol. The van der Waals surface area contributed by atoms with Gasteiger partial charge < -0.3 is 24.8 Å². The summed E-state index contributed by atoms with van der Waals surface area (Å²) in [5.74, 6) is -1.44. The molecule has 2 aromatic carbocycles. The van der Waals surface area contributed by atoms with Gasteiger partial charge in [0.1, 0.15) is 24.6 Å². The van der Waals surface area contributed by atoms with Gasteiger partial charge in [0.25, 0.3) is 0 Å². The van der Waals surface area contributed by atoms with E-state index in [4.69, 9.17) is 14.2 Å². The Morgan fingerprint density at radius 3 is 2.08 bits per heavy atom. The highest BCUT2D eigenvalue weighted by molar-refractivity contribution is 5.81. The summed E-state index contributed by atoms with van der Waals surface area (Å²) in [4.78, 5) is 49.2. The van der Waals surface area contributed by atoms with E-state index in [1.807, 2.05) is 36.4 Å². The number of ether oxygens (including phenoxy) is 3. The average Bonchev–Trinajstić information content (AvgIpc) is 2.88. The molecule has 2 aromatic rings. The molecule has 0 aliphatic rings. The number of Topliss-reactive ketones (excluding diaryl/α,β-unsaturated/α-hetero) is 1. The topological polar surface area (TPSA) is 120 Å². The molecule has 2 amide bonds. The Kier molecular flexibility index (Phi) is 13.0. The van der Waals surface area contributed by atoms with Crippen LogP contribution in [0, 0.1) is 5.92 Å². The highest BCUT2D eigenvalue weighted by Gasteiger charge is 2.31. The van der Waals surface area contributed by atoms with Crippen molar-refractivity contribution in [3.8, 4) is 0 Å². The van der Waals surface area contributed by atoms with Crippen molar-refractivity contribution in [2.45, 2.75) is 71.6 Å². The number of unbranched alkanes of at least 4 members (excludes halogenated alkanes) is 2. The summed E-state index contributed by atoms with van der Waals surface area (Å²) in [6.45, 7) is 7.13. The Morgan fingerprint density at radius 1 is 0.821 bits per heavy atom. The number of amides is 2. The van der Waals surface area contributed by atoms with E-state index in [1.54, 1.807) is 45.0 Å². The maximum absolute atomic E-state index is 12.5. The highest BCUT2D eigenvalue weighted by atomic mass is 16.6. The molecule has 0 aliphatic heterocycles. The molecule has 0 fully saturated rings. The first-order valence-corrected chi connectivity index (χ1v) is 13.2. The van der Waals surface area contributed by atoms with Gasteiger partial charge >= 0.3 is 18.2 Å². The molecular formula is C30H40N2O7. The van der Waals surface area contributed by atoms with Crippen LogP contribution in [0.15, 0.2) is 60.7 Å². The molecule has 2 rings (SSSR count). The summed E-state index contributed by atoms with van der Waals surface area (Å²) in [5, 5.41) is 5.46. The molecule has 39 heavy (non-hydrogen) atoms. The van der Waals surface area contributed by atoms with Gasteiger partial charge in [-0.15, -0.1) is 0 Å². The highest BCUT2D eigenvalue weighted by Crippen LogP contribution is 2.25. The van der Waals surface area contributed by atoms with Crippen molar-refractivity contribution in [2.24, 2.45) is 5.92 Å². The summed E-state index contributed by atoms with van der Waals surface area (Å²) in [7, 11) is 0. The molecule has 0 saturated carbocycles. The summed E-state index contributed by atoms with van der Waals surface area (Å²) >= 11 is 0. The van der Waals surface area contributed by atoms with Crippen LogP contribution >= 0.6 is 0 Å². The lowest BCUT2D eigenvalue weighted by molar-refractivity contribution is -0.146. The fourth-order valence-electron chi connectivity index (χ4n) is 3.75. The number of ketones is 1. The third kappa shape index (κ3) is 13.0. The zero-order valence-electron chi connectivity index (χ0n) is 23.2. The Hall–Kier alpha value is -3.88. The lowest BCUT2D eigenvalue weighted by Gasteiger charge is -2.28. The second kappa shape index (κ2) is 16.2. The lowest BCUT2D eigenvalue weighted by atomic mass is 9.90. The zero-order valence-corrected chi connectivity index (χ0v) is 23.2. The Morgan fingerprint density at radius 2 is 1.46 bits per heavy atom. The van der Waals surface area contributed by atoms with Crippen molar-refractivity contribution < 1.29 is 33.4 Å². The second-order valence-corrected chi connectivity index (χ2v) is 10.2. The minimum absolute atomic E-state index is 0.168.